The third kappa shape index (κ3) is 3.09. The number of anilines is 1. The lowest BCUT2D eigenvalue weighted by Crippen LogP contribution is -2.36. The van der Waals surface area contributed by atoms with Gasteiger partial charge in [-0.25, -0.2) is 4.79 Å². The van der Waals surface area contributed by atoms with Crippen molar-refractivity contribution in [3.05, 3.63) is 47.8 Å². The Kier molecular flexibility index (Phi) is 4.23. The molecule has 24 heavy (non-hydrogen) atoms. The van der Waals surface area contributed by atoms with Gasteiger partial charge in [0.05, 0.1) is 24.5 Å². The van der Waals surface area contributed by atoms with Crippen molar-refractivity contribution in [3.8, 4) is 5.69 Å². The highest BCUT2D eigenvalue weighted by Crippen LogP contribution is 2.37. The summed E-state index contributed by atoms with van der Waals surface area (Å²) in [6.45, 7) is 1.95. The number of hydrogen-bond donors (Lipinski definition) is 1. The summed E-state index contributed by atoms with van der Waals surface area (Å²) in [4.78, 5) is 13.0. The summed E-state index contributed by atoms with van der Waals surface area (Å²) in [5.74, 6) is -1.29. The SMILES string of the molecule is O=C(O)c1cccn1-c1ccc(N2CCOCC2)cc1C(F)(F)F. The number of halogens is 3. The van der Waals surface area contributed by atoms with Crippen molar-refractivity contribution in [2.75, 3.05) is 31.2 Å². The second kappa shape index (κ2) is 6.20. The molecular formula is C16H15F3N2O3. The van der Waals surface area contributed by atoms with Crippen molar-refractivity contribution in [1.29, 1.82) is 0 Å². The number of alkyl halides is 3. The Labute approximate surface area is 135 Å². The molecule has 128 valence electrons. The van der Waals surface area contributed by atoms with E-state index in [2.05, 4.69) is 0 Å². The normalized spacial score (nSPS) is 15.5. The van der Waals surface area contributed by atoms with Gasteiger partial charge in [-0.2, -0.15) is 13.2 Å². The maximum atomic E-state index is 13.5. The van der Waals surface area contributed by atoms with E-state index >= 15 is 0 Å². The standard InChI is InChI=1S/C16H15F3N2O3/c17-16(18,19)12-10-11(20-6-8-24-9-7-20)3-4-13(12)21-5-1-2-14(21)15(22)23/h1-5,10H,6-9H2,(H,22,23). The van der Waals surface area contributed by atoms with Gasteiger partial charge in [-0.3, -0.25) is 0 Å². The molecule has 1 aromatic heterocycles. The first-order valence-electron chi connectivity index (χ1n) is 7.33. The zero-order valence-electron chi connectivity index (χ0n) is 12.6. The Morgan fingerprint density at radius 3 is 2.50 bits per heavy atom. The van der Waals surface area contributed by atoms with Crippen LogP contribution in [0.4, 0.5) is 18.9 Å². The minimum absolute atomic E-state index is 0.207. The molecule has 2 aromatic rings. The molecule has 0 aliphatic carbocycles. The lowest BCUT2D eigenvalue weighted by molar-refractivity contribution is -0.137. The Balaban J connectivity index is 2.09. The number of carboxylic acid groups (broad SMARTS) is 1. The van der Waals surface area contributed by atoms with Crippen molar-refractivity contribution < 1.29 is 27.8 Å². The van der Waals surface area contributed by atoms with Crippen LogP contribution in [0.1, 0.15) is 16.1 Å². The number of morpholine rings is 1. The van der Waals surface area contributed by atoms with Gasteiger partial charge in [0.25, 0.3) is 0 Å². The van der Waals surface area contributed by atoms with E-state index in [9.17, 15) is 18.0 Å². The van der Waals surface area contributed by atoms with Crippen LogP contribution in [-0.4, -0.2) is 41.9 Å². The molecule has 0 spiro atoms. The van der Waals surface area contributed by atoms with Crippen molar-refractivity contribution in [2.45, 2.75) is 6.18 Å². The molecule has 0 saturated carbocycles. The number of benzene rings is 1. The minimum atomic E-state index is -4.60. The third-order valence-electron chi connectivity index (χ3n) is 3.89. The van der Waals surface area contributed by atoms with Crippen LogP contribution < -0.4 is 4.90 Å². The highest BCUT2D eigenvalue weighted by Gasteiger charge is 2.35. The summed E-state index contributed by atoms with van der Waals surface area (Å²) < 4.78 is 46.8. The van der Waals surface area contributed by atoms with E-state index in [1.54, 1.807) is 6.07 Å². The maximum absolute atomic E-state index is 13.5. The fourth-order valence-corrected chi connectivity index (χ4v) is 2.74. The molecule has 1 N–H and O–H groups in total. The van der Waals surface area contributed by atoms with Crippen molar-refractivity contribution in [2.24, 2.45) is 0 Å². The van der Waals surface area contributed by atoms with Gasteiger partial charge in [0.1, 0.15) is 5.69 Å². The quantitative estimate of drug-likeness (QED) is 0.933. The first kappa shape index (κ1) is 16.4. The van der Waals surface area contributed by atoms with Gasteiger partial charge < -0.3 is 19.3 Å². The molecule has 1 fully saturated rings. The van der Waals surface area contributed by atoms with Crippen molar-refractivity contribution in [1.82, 2.24) is 4.57 Å². The number of rotatable bonds is 3. The number of hydrogen-bond acceptors (Lipinski definition) is 3. The number of aromatic nitrogens is 1. The zero-order chi connectivity index (χ0) is 17.3. The van der Waals surface area contributed by atoms with Crippen LogP contribution in [-0.2, 0) is 10.9 Å². The van der Waals surface area contributed by atoms with E-state index in [1.165, 1.54) is 24.4 Å². The Morgan fingerprint density at radius 1 is 1.17 bits per heavy atom. The maximum Gasteiger partial charge on any atom is 0.418 e. The van der Waals surface area contributed by atoms with E-state index in [1.807, 2.05) is 4.90 Å². The van der Waals surface area contributed by atoms with Gasteiger partial charge in [-0.05, 0) is 30.3 Å². The lowest BCUT2D eigenvalue weighted by Gasteiger charge is -2.30. The van der Waals surface area contributed by atoms with E-state index in [0.717, 1.165) is 10.6 Å². The van der Waals surface area contributed by atoms with Crippen LogP contribution in [0.5, 0.6) is 0 Å². The second-order valence-corrected chi connectivity index (χ2v) is 5.37. The van der Waals surface area contributed by atoms with Gasteiger partial charge in [-0.15, -0.1) is 0 Å². The number of carboxylic acids is 1. The average Bonchev–Trinajstić information content (AvgIpc) is 3.04. The lowest BCUT2D eigenvalue weighted by atomic mass is 10.1. The zero-order valence-corrected chi connectivity index (χ0v) is 12.6. The molecule has 1 aromatic carbocycles. The predicted octanol–water partition coefficient (Wildman–Crippen LogP) is 3.03. The second-order valence-electron chi connectivity index (χ2n) is 5.37. The van der Waals surface area contributed by atoms with Crippen LogP contribution in [0.2, 0.25) is 0 Å². The van der Waals surface area contributed by atoms with Crippen molar-refractivity contribution >= 4 is 11.7 Å². The Bertz CT molecular complexity index is 749. The number of aromatic carboxylic acids is 1. The largest absolute Gasteiger partial charge is 0.477 e. The fraction of sp³-hybridized carbons (Fsp3) is 0.312. The van der Waals surface area contributed by atoms with Gasteiger partial charge in [0.2, 0.25) is 0 Å². The van der Waals surface area contributed by atoms with E-state index in [0.29, 0.717) is 32.0 Å². The molecule has 1 aliphatic heterocycles. The molecule has 1 saturated heterocycles. The molecule has 0 atom stereocenters. The third-order valence-corrected chi connectivity index (χ3v) is 3.89. The summed E-state index contributed by atoms with van der Waals surface area (Å²) in [7, 11) is 0. The summed E-state index contributed by atoms with van der Waals surface area (Å²) >= 11 is 0. The summed E-state index contributed by atoms with van der Waals surface area (Å²) in [5, 5.41) is 9.14. The summed E-state index contributed by atoms with van der Waals surface area (Å²) in [6, 6.07) is 6.60. The molecular weight excluding hydrogens is 325 g/mol. The van der Waals surface area contributed by atoms with Gasteiger partial charge in [-0.1, -0.05) is 0 Å². The molecule has 0 amide bonds. The molecule has 3 rings (SSSR count). The monoisotopic (exact) mass is 340 g/mol. The van der Waals surface area contributed by atoms with Crippen LogP contribution in [0.3, 0.4) is 0 Å². The Hall–Kier alpha value is -2.48. The smallest absolute Gasteiger partial charge is 0.418 e. The molecule has 0 bridgehead atoms. The topological polar surface area (TPSA) is 54.7 Å². The van der Waals surface area contributed by atoms with Gasteiger partial charge >= 0.3 is 12.1 Å². The predicted molar refractivity (Wildman–Crippen MR) is 80.8 cm³/mol. The summed E-state index contributed by atoms with van der Waals surface area (Å²) in [5.41, 5.74) is -0.856. The summed E-state index contributed by atoms with van der Waals surface area (Å²) in [6.07, 6.45) is -3.29. The highest BCUT2D eigenvalue weighted by atomic mass is 19.4. The van der Waals surface area contributed by atoms with Crippen LogP contribution in [0, 0.1) is 0 Å². The number of ether oxygens (including phenoxy) is 1. The van der Waals surface area contributed by atoms with E-state index < -0.39 is 17.7 Å². The van der Waals surface area contributed by atoms with E-state index in [4.69, 9.17) is 9.84 Å². The molecule has 1 aliphatic rings. The molecule has 0 unspecified atom stereocenters. The van der Waals surface area contributed by atoms with Gasteiger partial charge in [0.15, 0.2) is 0 Å². The van der Waals surface area contributed by atoms with Crippen molar-refractivity contribution in [3.63, 3.8) is 0 Å². The van der Waals surface area contributed by atoms with Gasteiger partial charge in [0, 0.05) is 25.0 Å². The molecule has 8 heteroatoms. The minimum Gasteiger partial charge on any atom is -0.477 e. The van der Waals surface area contributed by atoms with Crippen LogP contribution in [0.25, 0.3) is 5.69 Å². The molecule has 0 radical (unpaired) electrons. The number of nitrogens with zero attached hydrogens (tertiary/aromatic N) is 2. The first-order valence-corrected chi connectivity index (χ1v) is 7.33. The first-order chi connectivity index (χ1) is 11.4. The molecule has 2 heterocycles. The van der Waals surface area contributed by atoms with E-state index in [-0.39, 0.29) is 11.4 Å². The Morgan fingerprint density at radius 2 is 1.88 bits per heavy atom. The highest BCUT2D eigenvalue weighted by molar-refractivity contribution is 5.86. The van der Waals surface area contributed by atoms with Crippen LogP contribution in [0.15, 0.2) is 36.5 Å². The van der Waals surface area contributed by atoms with Crippen LogP contribution >= 0.6 is 0 Å². The molecule has 5 nitrogen and oxygen atoms in total. The number of carbonyl (C=O) groups is 1. The fourth-order valence-electron chi connectivity index (χ4n) is 2.74. The average molecular weight is 340 g/mol.